The Morgan fingerprint density at radius 2 is 2.05 bits per heavy atom. The minimum Gasteiger partial charge on any atom is -0.377 e. The number of anilines is 1. The third kappa shape index (κ3) is 3.89. The Bertz CT molecular complexity index is 500. The molecule has 1 aromatic rings. The maximum absolute atomic E-state index is 11.2. The molecule has 2 rings (SSSR count). The summed E-state index contributed by atoms with van der Waals surface area (Å²) < 4.78 is 5.10. The second-order valence-electron chi connectivity index (χ2n) is 5.32. The van der Waals surface area contributed by atoms with Gasteiger partial charge in [0, 0.05) is 45.0 Å². The average Bonchev–Trinajstić information content (AvgIpc) is 2.46. The molecule has 1 aliphatic rings. The van der Waals surface area contributed by atoms with E-state index in [1.807, 2.05) is 19.9 Å². The number of nitrogens with zero attached hydrogens (tertiary/aromatic N) is 4. The molecular weight excluding hydrogens is 270 g/mol. The van der Waals surface area contributed by atoms with Crippen molar-refractivity contribution >= 4 is 11.7 Å². The number of aromatic nitrogens is 2. The van der Waals surface area contributed by atoms with Crippen molar-refractivity contribution in [1.29, 1.82) is 0 Å². The number of rotatable bonds is 5. The van der Waals surface area contributed by atoms with Crippen LogP contribution in [0.4, 0.5) is 5.82 Å². The lowest BCUT2D eigenvalue weighted by Crippen LogP contribution is -2.53. The van der Waals surface area contributed by atoms with Crippen LogP contribution in [-0.2, 0) is 16.1 Å². The number of nitrogens with two attached hydrogens (primary N) is 1. The van der Waals surface area contributed by atoms with Crippen LogP contribution in [0, 0.1) is 6.92 Å². The Kier molecular flexibility index (Phi) is 5.08. The van der Waals surface area contributed by atoms with Crippen LogP contribution >= 0.6 is 0 Å². The van der Waals surface area contributed by atoms with Crippen LogP contribution < -0.4 is 10.6 Å². The molecule has 0 aromatic carbocycles. The number of carbonyl (C=O) groups excluding carboxylic acids is 1. The van der Waals surface area contributed by atoms with Crippen molar-refractivity contribution in [3.05, 3.63) is 17.6 Å². The van der Waals surface area contributed by atoms with Gasteiger partial charge in [0.15, 0.2) is 5.82 Å². The van der Waals surface area contributed by atoms with E-state index in [-0.39, 0.29) is 11.9 Å². The molecule has 0 aliphatic carbocycles. The normalized spacial score (nSPS) is 17.8. The number of primary amides is 1. The summed E-state index contributed by atoms with van der Waals surface area (Å²) >= 11 is 0. The van der Waals surface area contributed by atoms with Crippen molar-refractivity contribution in [2.45, 2.75) is 26.5 Å². The van der Waals surface area contributed by atoms with E-state index in [0.29, 0.717) is 12.4 Å². The fraction of sp³-hybridized carbons (Fsp3) is 0.643. The van der Waals surface area contributed by atoms with Crippen molar-refractivity contribution in [3.63, 3.8) is 0 Å². The van der Waals surface area contributed by atoms with Gasteiger partial charge in [-0.1, -0.05) is 0 Å². The number of piperazine rings is 1. The third-order valence-corrected chi connectivity index (χ3v) is 3.76. The first-order valence-corrected chi connectivity index (χ1v) is 7.13. The lowest BCUT2D eigenvalue weighted by molar-refractivity contribution is -0.122. The first-order chi connectivity index (χ1) is 10.0. The molecule has 0 radical (unpaired) electrons. The molecule has 2 N–H and O–H groups in total. The average molecular weight is 293 g/mol. The Hall–Kier alpha value is -1.73. The monoisotopic (exact) mass is 293 g/mol. The van der Waals surface area contributed by atoms with Crippen molar-refractivity contribution < 1.29 is 9.53 Å². The van der Waals surface area contributed by atoms with E-state index in [1.54, 1.807) is 7.11 Å². The summed E-state index contributed by atoms with van der Waals surface area (Å²) in [5.41, 5.74) is 6.29. The molecule has 2 heterocycles. The topological polar surface area (TPSA) is 84.6 Å². The summed E-state index contributed by atoms with van der Waals surface area (Å²) in [7, 11) is 1.63. The summed E-state index contributed by atoms with van der Waals surface area (Å²) in [6, 6.07) is 1.76. The minimum atomic E-state index is -0.274. The Balaban J connectivity index is 2.03. The van der Waals surface area contributed by atoms with Crippen LogP contribution in [0.5, 0.6) is 0 Å². The van der Waals surface area contributed by atoms with E-state index in [0.717, 1.165) is 37.7 Å². The van der Waals surface area contributed by atoms with Crippen LogP contribution in [0.3, 0.4) is 0 Å². The Morgan fingerprint density at radius 3 is 2.62 bits per heavy atom. The molecule has 1 amide bonds. The zero-order chi connectivity index (χ0) is 15.4. The van der Waals surface area contributed by atoms with Gasteiger partial charge in [-0.15, -0.1) is 0 Å². The van der Waals surface area contributed by atoms with E-state index < -0.39 is 0 Å². The predicted octanol–water partition coefficient (Wildman–Crippen LogP) is -0.0728. The van der Waals surface area contributed by atoms with Gasteiger partial charge in [-0.2, -0.15) is 0 Å². The minimum absolute atomic E-state index is 0.219. The number of methoxy groups -OCH3 is 1. The third-order valence-electron chi connectivity index (χ3n) is 3.76. The number of amides is 1. The van der Waals surface area contributed by atoms with Crippen LogP contribution in [0.2, 0.25) is 0 Å². The second kappa shape index (κ2) is 6.82. The summed E-state index contributed by atoms with van der Waals surface area (Å²) in [6.07, 6.45) is 0. The molecule has 0 spiro atoms. The van der Waals surface area contributed by atoms with Crippen LogP contribution in [0.15, 0.2) is 6.07 Å². The number of hydrogen-bond donors (Lipinski definition) is 1. The highest BCUT2D eigenvalue weighted by atomic mass is 16.5. The van der Waals surface area contributed by atoms with Gasteiger partial charge in [-0.3, -0.25) is 9.69 Å². The molecule has 116 valence electrons. The fourth-order valence-corrected chi connectivity index (χ4v) is 2.49. The summed E-state index contributed by atoms with van der Waals surface area (Å²) in [4.78, 5) is 24.4. The standard InChI is InChI=1S/C14H23N5O2/c1-10-8-13(17-12(16-10)9-21-3)19-6-4-18(5-7-19)11(2)14(15)20/h8,11H,4-7,9H2,1-3H3,(H2,15,20). The fourth-order valence-electron chi connectivity index (χ4n) is 2.49. The molecule has 7 nitrogen and oxygen atoms in total. The molecule has 1 atom stereocenters. The number of ether oxygens (including phenoxy) is 1. The molecule has 1 fully saturated rings. The first kappa shape index (κ1) is 15.7. The number of carbonyl (C=O) groups is 1. The van der Waals surface area contributed by atoms with Gasteiger partial charge in [0.1, 0.15) is 12.4 Å². The van der Waals surface area contributed by atoms with Gasteiger partial charge >= 0.3 is 0 Å². The summed E-state index contributed by atoms with van der Waals surface area (Å²) in [6.45, 7) is 7.45. The molecule has 0 saturated carbocycles. The number of aryl methyl sites for hydroxylation is 1. The van der Waals surface area contributed by atoms with Gasteiger partial charge in [0.05, 0.1) is 6.04 Å². The maximum atomic E-state index is 11.2. The molecular formula is C14H23N5O2. The van der Waals surface area contributed by atoms with Crippen LogP contribution in [-0.4, -0.2) is 60.1 Å². The maximum Gasteiger partial charge on any atom is 0.234 e. The van der Waals surface area contributed by atoms with Gasteiger partial charge in [0.25, 0.3) is 0 Å². The van der Waals surface area contributed by atoms with Crippen molar-refractivity contribution in [1.82, 2.24) is 14.9 Å². The first-order valence-electron chi connectivity index (χ1n) is 7.13. The van der Waals surface area contributed by atoms with E-state index in [1.165, 1.54) is 0 Å². The highest BCUT2D eigenvalue weighted by Gasteiger charge is 2.24. The highest BCUT2D eigenvalue weighted by molar-refractivity contribution is 5.79. The van der Waals surface area contributed by atoms with Crippen molar-refractivity contribution in [3.8, 4) is 0 Å². The van der Waals surface area contributed by atoms with Crippen molar-refractivity contribution in [2.24, 2.45) is 5.73 Å². The van der Waals surface area contributed by atoms with E-state index >= 15 is 0 Å². The lowest BCUT2D eigenvalue weighted by Gasteiger charge is -2.37. The van der Waals surface area contributed by atoms with E-state index in [9.17, 15) is 4.79 Å². The molecule has 7 heteroatoms. The van der Waals surface area contributed by atoms with Crippen LogP contribution in [0.1, 0.15) is 18.4 Å². The molecule has 0 bridgehead atoms. The van der Waals surface area contributed by atoms with Crippen LogP contribution in [0.25, 0.3) is 0 Å². The van der Waals surface area contributed by atoms with Gasteiger partial charge in [-0.25, -0.2) is 9.97 Å². The smallest absolute Gasteiger partial charge is 0.234 e. The van der Waals surface area contributed by atoms with Gasteiger partial charge in [-0.05, 0) is 13.8 Å². The van der Waals surface area contributed by atoms with Gasteiger partial charge < -0.3 is 15.4 Å². The van der Waals surface area contributed by atoms with Gasteiger partial charge in [0.2, 0.25) is 5.91 Å². The zero-order valence-electron chi connectivity index (χ0n) is 12.9. The molecule has 1 aliphatic heterocycles. The predicted molar refractivity (Wildman–Crippen MR) is 79.9 cm³/mol. The lowest BCUT2D eigenvalue weighted by atomic mass is 10.2. The highest BCUT2D eigenvalue weighted by Crippen LogP contribution is 2.16. The summed E-state index contributed by atoms with van der Waals surface area (Å²) in [5, 5.41) is 0. The molecule has 1 unspecified atom stereocenters. The Morgan fingerprint density at radius 1 is 1.38 bits per heavy atom. The molecule has 21 heavy (non-hydrogen) atoms. The SMILES string of the molecule is COCc1nc(C)cc(N2CCN(C(C)C(N)=O)CC2)n1. The zero-order valence-corrected chi connectivity index (χ0v) is 12.9. The largest absolute Gasteiger partial charge is 0.377 e. The van der Waals surface area contributed by atoms with E-state index in [4.69, 9.17) is 10.5 Å². The second-order valence-corrected chi connectivity index (χ2v) is 5.32. The van der Waals surface area contributed by atoms with E-state index in [2.05, 4.69) is 19.8 Å². The summed E-state index contributed by atoms with van der Waals surface area (Å²) in [5.74, 6) is 1.34. The Labute approximate surface area is 125 Å². The van der Waals surface area contributed by atoms with Crippen molar-refractivity contribution in [2.75, 3.05) is 38.2 Å². The molecule has 1 saturated heterocycles. The quantitative estimate of drug-likeness (QED) is 0.818. The number of hydrogen-bond acceptors (Lipinski definition) is 6. The molecule has 1 aromatic heterocycles.